The number of ether oxygens (including phenoxy) is 1. The van der Waals surface area contributed by atoms with Crippen LogP contribution >= 0.6 is 0 Å². The number of anilines is 1. The van der Waals surface area contributed by atoms with Crippen molar-refractivity contribution in [2.75, 3.05) is 25.2 Å². The molecule has 0 radical (unpaired) electrons. The summed E-state index contributed by atoms with van der Waals surface area (Å²) in [4.78, 5) is 0. The Hall–Kier alpha value is -2.05. The lowest BCUT2D eigenvalue weighted by Crippen LogP contribution is -2.08. The van der Waals surface area contributed by atoms with Gasteiger partial charge in [0.2, 0.25) is 0 Å². The molecule has 1 N–H and O–H groups in total. The summed E-state index contributed by atoms with van der Waals surface area (Å²) in [5.41, 5.74) is 3.52. The van der Waals surface area contributed by atoms with Gasteiger partial charge in [0.1, 0.15) is 5.75 Å². The minimum Gasteiger partial charge on any atom is -0.385 e. The number of methoxy groups -OCH3 is 1. The summed E-state index contributed by atoms with van der Waals surface area (Å²) in [5.74, 6) is 0.345. The third-order valence-corrected chi connectivity index (χ3v) is 4.52. The van der Waals surface area contributed by atoms with Gasteiger partial charge in [0.25, 0.3) is 0 Å². The second kappa shape index (κ2) is 9.59. The van der Waals surface area contributed by atoms with Gasteiger partial charge in [-0.2, -0.15) is 8.42 Å². The summed E-state index contributed by atoms with van der Waals surface area (Å²) in [7, 11) is -1.74. The van der Waals surface area contributed by atoms with Crippen LogP contribution in [0.3, 0.4) is 0 Å². The van der Waals surface area contributed by atoms with Gasteiger partial charge in [-0.25, -0.2) is 0 Å². The van der Waals surface area contributed by atoms with Crippen molar-refractivity contribution < 1.29 is 17.3 Å². The molecule has 1 atom stereocenters. The number of nitrogens with one attached hydrogen (secondary N) is 1. The number of hydrogen-bond acceptors (Lipinski definition) is 5. The lowest BCUT2D eigenvalue weighted by Gasteiger charge is -2.11. The molecule has 0 aromatic heterocycles. The predicted molar refractivity (Wildman–Crippen MR) is 105 cm³/mol. The molecule has 0 saturated carbocycles. The first-order valence-electron chi connectivity index (χ1n) is 8.70. The second-order valence-corrected chi connectivity index (χ2v) is 7.98. The molecule has 2 aromatic carbocycles. The van der Waals surface area contributed by atoms with E-state index in [4.69, 9.17) is 8.92 Å². The molecule has 0 unspecified atom stereocenters. The maximum atomic E-state index is 11.1. The van der Waals surface area contributed by atoms with E-state index in [-0.39, 0.29) is 6.10 Å². The normalized spacial score (nSPS) is 12.6. The molecule has 5 nitrogen and oxygen atoms in total. The van der Waals surface area contributed by atoms with Crippen molar-refractivity contribution in [1.82, 2.24) is 0 Å². The molecule has 0 fully saturated rings. The summed E-state index contributed by atoms with van der Waals surface area (Å²) in [6.45, 7) is 2.93. The second-order valence-electron chi connectivity index (χ2n) is 6.41. The molecule has 0 bridgehead atoms. The molecule has 0 saturated heterocycles. The fraction of sp³-hybridized carbons (Fsp3) is 0.400. The molecule has 26 heavy (non-hydrogen) atoms. The van der Waals surface area contributed by atoms with Crippen LogP contribution in [0.5, 0.6) is 5.75 Å². The van der Waals surface area contributed by atoms with Crippen molar-refractivity contribution in [2.24, 2.45) is 0 Å². The lowest BCUT2D eigenvalue weighted by molar-refractivity contribution is 0.119. The third-order valence-electron chi connectivity index (χ3n) is 4.02. The van der Waals surface area contributed by atoms with E-state index in [1.165, 1.54) is 5.56 Å². The Bertz CT molecular complexity index is 770. The largest absolute Gasteiger partial charge is 0.385 e. The molecule has 2 aromatic rings. The molecule has 0 amide bonds. The van der Waals surface area contributed by atoms with Crippen LogP contribution in [0.25, 0.3) is 0 Å². The highest BCUT2D eigenvalue weighted by molar-refractivity contribution is 7.86. The summed E-state index contributed by atoms with van der Waals surface area (Å²) in [6, 6.07) is 15.6. The smallest absolute Gasteiger partial charge is 0.306 e. The average molecular weight is 378 g/mol. The number of benzene rings is 2. The van der Waals surface area contributed by atoms with E-state index in [0.717, 1.165) is 43.3 Å². The molecule has 2 rings (SSSR count). The van der Waals surface area contributed by atoms with Gasteiger partial charge in [-0.1, -0.05) is 24.3 Å². The minimum atomic E-state index is -3.47. The Morgan fingerprint density at radius 1 is 1.00 bits per heavy atom. The van der Waals surface area contributed by atoms with Gasteiger partial charge >= 0.3 is 10.1 Å². The predicted octanol–water partition coefficient (Wildman–Crippen LogP) is 3.65. The Kier molecular flexibility index (Phi) is 7.48. The lowest BCUT2D eigenvalue weighted by atomic mass is 10.1. The van der Waals surface area contributed by atoms with E-state index >= 15 is 0 Å². The Morgan fingerprint density at radius 3 is 2.19 bits per heavy atom. The number of hydrogen-bond donors (Lipinski definition) is 1. The first-order valence-corrected chi connectivity index (χ1v) is 10.5. The molecule has 0 spiro atoms. The highest BCUT2D eigenvalue weighted by Crippen LogP contribution is 2.16. The third kappa shape index (κ3) is 7.45. The molecule has 142 valence electrons. The molecule has 0 aliphatic heterocycles. The van der Waals surface area contributed by atoms with Crippen LogP contribution in [0.15, 0.2) is 48.5 Å². The zero-order valence-electron chi connectivity index (χ0n) is 15.6. The first kappa shape index (κ1) is 20.3. The highest BCUT2D eigenvalue weighted by atomic mass is 32.2. The topological polar surface area (TPSA) is 64.6 Å². The van der Waals surface area contributed by atoms with Crippen molar-refractivity contribution in [3.8, 4) is 5.75 Å². The first-order chi connectivity index (χ1) is 12.4. The van der Waals surface area contributed by atoms with Gasteiger partial charge < -0.3 is 14.2 Å². The summed E-state index contributed by atoms with van der Waals surface area (Å²) >= 11 is 0. The monoisotopic (exact) mass is 377 g/mol. The van der Waals surface area contributed by atoms with Gasteiger partial charge in [0.05, 0.1) is 12.4 Å². The van der Waals surface area contributed by atoms with Crippen molar-refractivity contribution >= 4 is 15.8 Å². The molecular weight excluding hydrogens is 350 g/mol. The summed E-state index contributed by atoms with van der Waals surface area (Å²) in [6.07, 6.45) is 4.07. The Balaban J connectivity index is 1.73. The summed E-state index contributed by atoms with van der Waals surface area (Å²) < 4.78 is 32.3. The molecule has 0 aliphatic carbocycles. The van der Waals surface area contributed by atoms with Gasteiger partial charge in [0, 0.05) is 19.3 Å². The molecule has 0 aliphatic rings. The van der Waals surface area contributed by atoms with Crippen LogP contribution in [-0.4, -0.2) is 34.4 Å². The maximum Gasteiger partial charge on any atom is 0.306 e. The maximum absolute atomic E-state index is 11.1. The van der Waals surface area contributed by atoms with Crippen molar-refractivity contribution in [3.05, 3.63) is 59.7 Å². The number of rotatable bonds is 10. The molecular formula is C20H27NO4S. The van der Waals surface area contributed by atoms with E-state index in [1.807, 2.05) is 12.1 Å². The van der Waals surface area contributed by atoms with E-state index in [9.17, 15) is 8.42 Å². The standard InChI is InChI=1S/C20H27NO4S/c1-16(24-2)15-18-6-10-19(11-7-18)21-14-4-5-17-8-12-20(13-9-17)25-26(3,22)23/h6-13,16,21H,4-5,14-15H2,1-3H3/t16-/m1/s1. The molecule has 6 heteroatoms. The van der Waals surface area contributed by atoms with Crippen LogP contribution in [0.4, 0.5) is 5.69 Å². The van der Waals surface area contributed by atoms with E-state index < -0.39 is 10.1 Å². The summed E-state index contributed by atoms with van der Waals surface area (Å²) in [5, 5.41) is 3.42. The minimum absolute atomic E-state index is 0.225. The van der Waals surface area contributed by atoms with Crippen molar-refractivity contribution in [2.45, 2.75) is 32.3 Å². The van der Waals surface area contributed by atoms with Crippen LogP contribution in [0, 0.1) is 0 Å². The Labute approximate surface area is 156 Å². The van der Waals surface area contributed by atoms with Gasteiger partial charge in [-0.3, -0.25) is 0 Å². The van der Waals surface area contributed by atoms with Crippen molar-refractivity contribution in [1.29, 1.82) is 0 Å². The highest BCUT2D eigenvalue weighted by Gasteiger charge is 2.04. The average Bonchev–Trinajstić information content (AvgIpc) is 2.60. The fourth-order valence-electron chi connectivity index (χ4n) is 2.59. The Morgan fingerprint density at radius 2 is 1.62 bits per heavy atom. The SMILES string of the molecule is CO[C@H](C)Cc1ccc(NCCCc2ccc(OS(C)(=O)=O)cc2)cc1. The van der Waals surface area contributed by atoms with Crippen LogP contribution in [0.2, 0.25) is 0 Å². The van der Waals surface area contributed by atoms with E-state index in [1.54, 1.807) is 19.2 Å². The quantitative estimate of drug-likeness (QED) is 0.506. The zero-order chi connectivity index (χ0) is 19.0. The van der Waals surface area contributed by atoms with E-state index in [0.29, 0.717) is 5.75 Å². The van der Waals surface area contributed by atoms with Crippen LogP contribution in [0.1, 0.15) is 24.5 Å². The van der Waals surface area contributed by atoms with Gasteiger partial charge in [0.15, 0.2) is 0 Å². The van der Waals surface area contributed by atoms with E-state index in [2.05, 4.69) is 36.5 Å². The van der Waals surface area contributed by atoms with Gasteiger partial charge in [-0.15, -0.1) is 0 Å². The zero-order valence-corrected chi connectivity index (χ0v) is 16.4. The van der Waals surface area contributed by atoms with Gasteiger partial charge in [-0.05, 0) is 61.6 Å². The fourth-order valence-corrected chi connectivity index (χ4v) is 3.05. The number of aryl methyl sites for hydroxylation is 1. The van der Waals surface area contributed by atoms with Crippen molar-refractivity contribution in [3.63, 3.8) is 0 Å². The van der Waals surface area contributed by atoms with Crippen LogP contribution in [-0.2, 0) is 27.7 Å². The van der Waals surface area contributed by atoms with Crippen LogP contribution < -0.4 is 9.50 Å². The molecule has 0 heterocycles.